The van der Waals surface area contributed by atoms with Crippen molar-refractivity contribution in [3.05, 3.63) is 0 Å². The molecule has 2 rings (SSSR count). The first-order chi connectivity index (χ1) is 8.11. The molecule has 0 spiro atoms. The van der Waals surface area contributed by atoms with Gasteiger partial charge in [-0.3, -0.25) is 4.79 Å². The van der Waals surface area contributed by atoms with Gasteiger partial charge in [-0.25, -0.2) is 0 Å². The van der Waals surface area contributed by atoms with Gasteiger partial charge < -0.3 is 9.64 Å². The van der Waals surface area contributed by atoms with E-state index in [9.17, 15) is 4.79 Å². The lowest BCUT2D eigenvalue weighted by Gasteiger charge is -2.27. The predicted octanol–water partition coefficient (Wildman–Crippen LogP) is 2.16. The van der Waals surface area contributed by atoms with E-state index in [-0.39, 0.29) is 0 Å². The molecular weight excluding hydrogens is 214 g/mol. The molecule has 0 saturated heterocycles. The van der Waals surface area contributed by atoms with Crippen molar-refractivity contribution in [2.24, 2.45) is 23.7 Å². The summed E-state index contributed by atoms with van der Waals surface area (Å²) in [6.45, 7) is 6.60. The maximum Gasteiger partial charge on any atom is 0.225 e. The van der Waals surface area contributed by atoms with Crippen LogP contribution in [-0.2, 0) is 9.53 Å². The second-order valence-electron chi connectivity index (χ2n) is 6.10. The molecule has 3 heteroatoms. The van der Waals surface area contributed by atoms with Crippen LogP contribution in [0.4, 0.5) is 0 Å². The van der Waals surface area contributed by atoms with E-state index in [4.69, 9.17) is 4.74 Å². The lowest BCUT2D eigenvalue weighted by molar-refractivity contribution is -0.136. The van der Waals surface area contributed by atoms with Crippen molar-refractivity contribution in [2.75, 3.05) is 26.8 Å². The Bertz CT molecular complexity index is 267. The van der Waals surface area contributed by atoms with Gasteiger partial charge in [-0.2, -0.15) is 0 Å². The minimum absolute atomic E-state index is 0.314. The van der Waals surface area contributed by atoms with Gasteiger partial charge >= 0.3 is 0 Å². The molecule has 3 nitrogen and oxygen atoms in total. The SMILES string of the molecule is COCCN(CC(C)C)C(=O)C1CC2CC2C1. The molecule has 2 saturated carbocycles. The number of hydrogen-bond acceptors (Lipinski definition) is 2. The molecule has 0 heterocycles. The van der Waals surface area contributed by atoms with E-state index in [2.05, 4.69) is 13.8 Å². The molecule has 17 heavy (non-hydrogen) atoms. The Balaban J connectivity index is 1.86. The highest BCUT2D eigenvalue weighted by Crippen LogP contribution is 2.54. The van der Waals surface area contributed by atoms with Crippen LogP contribution in [0.25, 0.3) is 0 Å². The van der Waals surface area contributed by atoms with Crippen molar-refractivity contribution >= 4 is 5.91 Å². The first kappa shape index (κ1) is 12.9. The number of nitrogens with zero attached hydrogens (tertiary/aromatic N) is 1. The van der Waals surface area contributed by atoms with Gasteiger partial charge in [0.15, 0.2) is 0 Å². The highest BCUT2D eigenvalue weighted by atomic mass is 16.5. The maximum absolute atomic E-state index is 12.4. The second-order valence-corrected chi connectivity index (χ2v) is 6.10. The molecular formula is C14H25NO2. The molecule has 2 unspecified atom stereocenters. The van der Waals surface area contributed by atoms with Crippen molar-refractivity contribution in [3.63, 3.8) is 0 Å². The first-order valence-electron chi connectivity index (χ1n) is 6.89. The van der Waals surface area contributed by atoms with Crippen LogP contribution in [-0.4, -0.2) is 37.6 Å². The molecule has 2 atom stereocenters. The molecule has 0 bridgehead atoms. The molecule has 98 valence electrons. The summed E-state index contributed by atoms with van der Waals surface area (Å²) < 4.78 is 5.10. The Labute approximate surface area is 105 Å². The zero-order valence-electron chi connectivity index (χ0n) is 11.3. The number of methoxy groups -OCH3 is 1. The molecule has 0 radical (unpaired) electrons. The van der Waals surface area contributed by atoms with E-state index in [1.165, 1.54) is 6.42 Å². The minimum atomic E-state index is 0.314. The molecule has 0 aromatic rings. The number of hydrogen-bond donors (Lipinski definition) is 0. The van der Waals surface area contributed by atoms with Crippen molar-refractivity contribution in [1.29, 1.82) is 0 Å². The number of fused-ring (bicyclic) bond motifs is 1. The van der Waals surface area contributed by atoms with Crippen LogP contribution in [0.1, 0.15) is 33.1 Å². The van der Waals surface area contributed by atoms with Crippen LogP contribution in [0.5, 0.6) is 0 Å². The summed E-state index contributed by atoms with van der Waals surface area (Å²) in [7, 11) is 1.70. The minimum Gasteiger partial charge on any atom is -0.383 e. The quantitative estimate of drug-likeness (QED) is 0.711. The first-order valence-corrected chi connectivity index (χ1v) is 6.89. The van der Waals surface area contributed by atoms with Crippen LogP contribution >= 0.6 is 0 Å². The number of ether oxygens (including phenoxy) is 1. The smallest absolute Gasteiger partial charge is 0.225 e. The number of amides is 1. The fourth-order valence-corrected chi connectivity index (χ4v) is 3.11. The van der Waals surface area contributed by atoms with Crippen molar-refractivity contribution in [1.82, 2.24) is 4.90 Å². The predicted molar refractivity (Wildman–Crippen MR) is 67.6 cm³/mol. The topological polar surface area (TPSA) is 29.5 Å². The average Bonchev–Trinajstić information content (AvgIpc) is 2.90. The summed E-state index contributed by atoms with van der Waals surface area (Å²) in [5.41, 5.74) is 0. The number of carbonyl (C=O) groups is 1. The summed E-state index contributed by atoms with van der Waals surface area (Å²) in [4.78, 5) is 14.4. The Morgan fingerprint density at radius 3 is 2.47 bits per heavy atom. The highest BCUT2D eigenvalue weighted by Gasteiger charge is 2.48. The van der Waals surface area contributed by atoms with Gasteiger partial charge in [0.25, 0.3) is 0 Å². The molecule has 2 fully saturated rings. The van der Waals surface area contributed by atoms with Crippen LogP contribution in [0.15, 0.2) is 0 Å². The highest BCUT2D eigenvalue weighted by molar-refractivity contribution is 5.79. The van der Waals surface area contributed by atoms with Gasteiger partial charge in [0.1, 0.15) is 0 Å². The third-order valence-corrected chi connectivity index (χ3v) is 4.06. The Hall–Kier alpha value is -0.570. The lowest BCUT2D eigenvalue weighted by Crippen LogP contribution is -2.40. The van der Waals surface area contributed by atoms with Gasteiger partial charge in [-0.15, -0.1) is 0 Å². The van der Waals surface area contributed by atoms with E-state index in [0.717, 1.165) is 37.8 Å². The van der Waals surface area contributed by atoms with Crippen molar-refractivity contribution < 1.29 is 9.53 Å². The van der Waals surface area contributed by atoms with Crippen molar-refractivity contribution in [2.45, 2.75) is 33.1 Å². The van der Waals surface area contributed by atoms with Gasteiger partial charge in [-0.1, -0.05) is 13.8 Å². The number of rotatable bonds is 6. The molecule has 0 aromatic carbocycles. The van der Waals surface area contributed by atoms with Crippen LogP contribution in [0.2, 0.25) is 0 Å². The fraction of sp³-hybridized carbons (Fsp3) is 0.929. The summed E-state index contributed by atoms with van der Waals surface area (Å²) in [5, 5.41) is 0. The third kappa shape index (κ3) is 3.21. The van der Waals surface area contributed by atoms with Gasteiger partial charge in [-0.05, 0) is 37.0 Å². The van der Waals surface area contributed by atoms with E-state index in [1.807, 2.05) is 4.90 Å². The van der Waals surface area contributed by atoms with E-state index in [1.54, 1.807) is 7.11 Å². The van der Waals surface area contributed by atoms with E-state index < -0.39 is 0 Å². The van der Waals surface area contributed by atoms with Gasteiger partial charge in [0.05, 0.1) is 6.61 Å². The zero-order chi connectivity index (χ0) is 12.4. The normalized spacial score (nSPS) is 30.5. The summed E-state index contributed by atoms with van der Waals surface area (Å²) in [6.07, 6.45) is 3.67. The molecule has 0 aliphatic heterocycles. The van der Waals surface area contributed by atoms with Gasteiger partial charge in [0, 0.05) is 26.1 Å². The molecule has 0 N–H and O–H groups in total. The Morgan fingerprint density at radius 1 is 1.29 bits per heavy atom. The van der Waals surface area contributed by atoms with Crippen LogP contribution in [0, 0.1) is 23.7 Å². The Morgan fingerprint density at radius 2 is 1.94 bits per heavy atom. The summed E-state index contributed by atoms with van der Waals surface area (Å²) >= 11 is 0. The zero-order valence-corrected chi connectivity index (χ0v) is 11.3. The fourth-order valence-electron chi connectivity index (χ4n) is 3.11. The molecule has 0 aromatic heterocycles. The Kier molecular flexibility index (Phi) is 4.08. The number of carbonyl (C=O) groups excluding carboxylic acids is 1. The lowest BCUT2D eigenvalue weighted by atomic mass is 10.0. The summed E-state index contributed by atoms with van der Waals surface area (Å²) in [6, 6.07) is 0. The van der Waals surface area contributed by atoms with Crippen LogP contribution in [0.3, 0.4) is 0 Å². The van der Waals surface area contributed by atoms with Crippen molar-refractivity contribution in [3.8, 4) is 0 Å². The third-order valence-electron chi connectivity index (χ3n) is 4.06. The van der Waals surface area contributed by atoms with E-state index in [0.29, 0.717) is 24.3 Å². The largest absolute Gasteiger partial charge is 0.383 e. The standard InChI is InChI=1S/C14H25NO2/c1-10(2)9-15(4-5-17-3)14(16)13-7-11-6-12(11)8-13/h10-13H,4-9H2,1-3H3. The average molecular weight is 239 g/mol. The van der Waals surface area contributed by atoms with E-state index >= 15 is 0 Å². The maximum atomic E-state index is 12.4. The van der Waals surface area contributed by atoms with Gasteiger partial charge in [0.2, 0.25) is 5.91 Å². The monoisotopic (exact) mass is 239 g/mol. The molecule has 2 aliphatic carbocycles. The second kappa shape index (κ2) is 5.38. The molecule has 2 aliphatic rings. The molecule has 1 amide bonds. The summed E-state index contributed by atoms with van der Waals surface area (Å²) in [5.74, 6) is 2.99. The van der Waals surface area contributed by atoms with Crippen LogP contribution < -0.4 is 0 Å².